The molecule has 4 rings (SSSR count). The summed E-state index contributed by atoms with van der Waals surface area (Å²) >= 11 is 0. The number of benzene rings is 4. The van der Waals surface area contributed by atoms with Crippen LogP contribution in [0.4, 0.5) is 0 Å². The second-order valence-electron chi connectivity index (χ2n) is 6.06. The Morgan fingerprint density at radius 3 is 2.18 bits per heavy atom. The van der Waals surface area contributed by atoms with Crippen molar-refractivity contribution in [2.75, 3.05) is 0 Å². The SMILES string of the molecule is CCCCc1cccc2c1ccc1c3ccccc3ccc21. The van der Waals surface area contributed by atoms with E-state index in [0.717, 1.165) is 0 Å². The Hall–Kier alpha value is -2.34. The molecule has 108 valence electrons. The van der Waals surface area contributed by atoms with Crippen LogP contribution in [0.15, 0.2) is 66.7 Å². The molecule has 0 N–H and O–H groups in total. The summed E-state index contributed by atoms with van der Waals surface area (Å²) in [5.74, 6) is 0. The standard InChI is InChI=1S/C22H20/c1-2-3-7-16-9-6-11-20-19(16)14-15-21-18-10-5-4-8-17(18)12-13-22(20)21/h4-6,8-15H,2-3,7H2,1H3. The summed E-state index contributed by atoms with van der Waals surface area (Å²) in [5.41, 5.74) is 1.48. The first-order chi connectivity index (χ1) is 10.9. The van der Waals surface area contributed by atoms with Crippen molar-refractivity contribution in [3.8, 4) is 0 Å². The van der Waals surface area contributed by atoms with Gasteiger partial charge in [0.2, 0.25) is 0 Å². The molecular formula is C22H20. The molecule has 0 radical (unpaired) electrons. The van der Waals surface area contributed by atoms with Gasteiger partial charge in [0.15, 0.2) is 0 Å². The number of fused-ring (bicyclic) bond motifs is 5. The number of rotatable bonds is 3. The molecular weight excluding hydrogens is 264 g/mol. The first-order valence-corrected chi connectivity index (χ1v) is 8.20. The summed E-state index contributed by atoms with van der Waals surface area (Å²) in [6, 6.07) is 24.6. The molecule has 0 aromatic heterocycles. The van der Waals surface area contributed by atoms with E-state index in [0.29, 0.717) is 0 Å². The van der Waals surface area contributed by atoms with Crippen LogP contribution in [0.1, 0.15) is 25.3 Å². The van der Waals surface area contributed by atoms with E-state index in [2.05, 4.69) is 73.7 Å². The molecule has 0 spiro atoms. The minimum atomic E-state index is 1.17. The van der Waals surface area contributed by atoms with E-state index in [4.69, 9.17) is 0 Å². The average Bonchev–Trinajstić information content (AvgIpc) is 2.59. The summed E-state index contributed by atoms with van der Waals surface area (Å²) < 4.78 is 0. The van der Waals surface area contributed by atoms with Gasteiger partial charge >= 0.3 is 0 Å². The second kappa shape index (κ2) is 5.46. The normalized spacial score (nSPS) is 11.5. The molecule has 0 heterocycles. The molecule has 0 atom stereocenters. The minimum absolute atomic E-state index is 1.17. The molecule has 0 saturated heterocycles. The molecule has 0 unspecified atom stereocenters. The van der Waals surface area contributed by atoms with Crippen molar-refractivity contribution >= 4 is 32.3 Å². The largest absolute Gasteiger partial charge is 0.0654 e. The van der Waals surface area contributed by atoms with Gasteiger partial charge < -0.3 is 0 Å². The highest BCUT2D eigenvalue weighted by Gasteiger charge is 2.06. The number of hydrogen-bond acceptors (Lipinski definition) is 0. The van der Waals surface area contributed by atoms with Gasteiger partial charge in [-0.15, -0.1) is 0 Å². The van der Waals surface area contributed by atoms with Crippen LogP contribution in [0, 0.1) is 0 Å². The van der Waals surface area contributed by atoms with Gasteiger partial charge in [0.05, 0.1) is 0 Å². The molecule has 0 amide bonds. The van der Waals surface area contributed by atoms with Crippen molar-refractivity contribution in [1.29, 1.82) is 0 Å². The lowest BCUT2D eigenvalue weighted by molar-refractivity contribution is 0.799. The third kappa shape index (κ3) is 2.07. The summed E-state index contributed by atoms with van der Waals surface area (Å²) in [5, 5.41) is 8.20. The molecule has 0 nitrogen and oxygen atoms in total. The van der Waals surface area contributed by atoms with Gasteiger partial charge in [0.25, 0.3) is 0 Å². The topological polar surface area (TPSA) is 0 Å². The van der Waals surface area contributed by atoms with Gasteiger partial charge in [-0.1, -0.05) is 80.1 Å². The highest BCUT2D eigenvalue weighted by atomic mass is 14.1. The van der Waals surface area contributed by atoms with Crippen molar-refractivity contribution < 1.29 is 0 Å². The molecule has 0 aliphatic heterocycles. The first kappa shape index (κ1) is 13.3. The molecule has 22 heavy (non-hydrogen) atoms. The molecule has 4 aromatic rings. The van der Waals surface area contributed by atoms with E-state index in [-0.39, 0.29) is 0 Å². The Morgan fingerprint density at radius 1 is 0.591 bits per heavy atom. The highest BCUT2D eigenvalue weighted by molar-refractivity contribution is 6.17. The lowest BCUT2D eigenvalue weighted by Crippen LogP contribution is -1.88. The summed E-state index contributed by atoms with van der Waals surface area (Å²) in [6.45, 7) is 2.26. The maximum absolute atomic E-state index is 2.31. The lowest BCUT2D eigenvalue weighted by atomic mass is 9.93. The van der Waals surface area contributed by atoms with E-state index in [1.807, 2.05) is 0 Å². The van der Waals surface area contributed by atoms with Crippen LogP contribution in [0.2, 0.25) is 0 Å². The molecule has 0 fully saturated rings. The van der Waals surface area contributed by atoms with Crippen LogP contribution in [0.5, 0.6) is 0 Å². The Balaban J connectivity index is 2.05. The molecule has 0 aliphatic rings. The maximum Gasteiger partial charge on any atom is -0.00989 e. The number of unbranched alkanes of at least 4 members (excludes halogenated alkanes) is 1. The number of aryl methyl sites for hydroxylation is 1. The van der Waals surface area contributed by atoms with Crippen LogP contribution in [-0.4, -0.2) is 0 Å². The molecule has 4 aromatic carbocycles. The Kier molecular flexibility index (Phi) is 3.31. The Labute approximate surface area is 131 Å². The Morgan fingerprint density at radius 2 is 1.27 bits per heavy atom. The Bertz CT molecular complexity index is 963. The van der Waals surface area contributed by atoms with Gasteiger partial charge in [0, 0.05) is 0 Å². The summed E-state index contributed by atoms with van der Waals surface area (Å²) in [7, 11) is 0. The smallest absolute Gasteiger partial charge is 0.00989 e. The monoisotopic (exact) mass is 284 g/mol. The van der Waals surface area contributed by atoms with E-state index in [1.165, 1.54) is 57.1 Å². The number of hydrogen-bond donors (Lipinski definition) is 0. The van der Waals surface area contributed by atoms with Crippen molar-refractivity contribution in [1.82, 2.24) is 0 Å². The fourth-order valence-electron chi connectivity index (χ4n) is 3.51. The van der Waals surface area contributed by atoms with Gasteiger partial charge in [-0.25, -0.2) is 0 Å². The minimum Gasteiger partial charge on any atom is -0.0654 e. The quantitative estimate of drug-likeness (QED) is 0.377. The predicted octanol–water partition coefficient (Wildman–Crippen LogP) is 6.49. The molecule has 0 saturated carbocycles. The van der Waals surface area contributed by atoms with Crippen LogP contribution in [-0.2, 0) is 6.42 Å². The third-order valence-electron chi connectivity index (χ3n) is 4.67. The second-order valence-corrected chi connectivity index (χ2v) is 6.06. The maximum atomic E-state index is 2.31. The average molecular weight is 284 g/mol. The van der Waals surface area contributed by atoms with Crippen LogP contribution in [0.25, 0.3) is 32.3 Å². The zero-order chi connectivity index (χ0) is 14.9. The third-order valence-corrected chi connectivity index (χ3v) is 4.67. The van der Waals surface area contributed by atoms with Gasteiger partial charge in [0.1, 0.15) is 0 Å². The van der Waals surface area contributed by atoms with Crippen molar-refractivity contribution in [2.24, 2.45) is 0 Å². The molecule has 0 bridgehead atoms. The van der Waals surface area contributed by atoms with E-state index >= 15 is 0 Å². The fourth-order valence-corrected chi connectivity index (χ4v) is 3.51. The molecule has 0 aliphatic carbocycles. The van der Waals surface area contributed by atoms with Crippen molar-refractivity contribution in [2.45, 2.75) is 26.2 Å². The fraction of sp³-hybridized carbons (Fsp3) is 0.182. The van der Waals surface area contributed by atoms with E-state index < -0.39 is 0 Å². The zero-order valence-corrected chi connectivity index (χ0v) is 13.0. The first-order valence-electron chi connectivity index (χ1n) is 8.20. The lowest BCUT2D eigenvalue weighted by Gasteiger charge is -2.11. The van der Waals surface area contributed by atoms with Crippen LogP contribution >= 0.6 is 0 Å². The van der Waals surface area contributed by atoms with E-state index in [9.17, 15) is 0 Å². The predicted molar refractivity (Wildman–Crippen MR) is 97.6 cm³/mol. The van der Waals surface area contributed by atoms with Crippen molar-refractivity contribution in [3.05, 3.63) is 72.3 Å². The van der Waals surface area contributed by atoms with Crippen LogP contribution in [0.3, 0.4) is 0 Å². The van der Waals surface area contributed by atoms with Gasteiger partial charge in [-0.05, 0) is 50.7 Å². The zero-order valence-electron chi connectivity index (χ0n) is 13.0. The summed E-state index contributed by atoms with van der Waals surface area (Å²) in [6.07, 6.45) is 3.68. The summed E-state index contributed by atoms with van der Waals surface area (Å²) in [4.78, 5) is 0. The molecule has 0 heteroatoms. The van der Waals surface area contributed by atoms with Crippen molar-refractivity contribution in [3.63, 3.8) is 0 Å². The van der Waals surface area contributed by atoms with Gasteiger partial charge in [-0.2, -0.15) is 0 Å². The van der Waals surface area contributed by atoms with Crippen LogP contribution < -0.4 is 0 Å². The highest BCUT2D eigenvalue weighted by Crippen LogP contribution is 2.32. The van der Waals surface area contributed by atoms with Gasteiger partial charge in [-0.3, -0.25) is 0 Å². The van der Waals surface area contributed by atoms with E-state index in [1.54, 1.807) is 0 Å².